The van der Waals surface area contributed by atoms with Gasteiger partial charge in [0, 0.05) is 44.5 Å². The van der Waals surface area contributed by atoms with Crippen molar-refractivity contribution < 1.29 is 18.0 Å². The molecule has 1 N–H and O–H groups in total. The maximum Gasteiger partial charge on any atom is 0.243 e. The van der Waals surface area contributed by atoms with Gasteiger partial charge in [0.1, 0.15) is 6.04 Å². The first-order valence-electron chi connectivity index (χ1n) is 13.6. The molecule has 0 aliphatic rings. The predicted octanol–water partition coefficient (Wildman–Crippen LogP) is 5.30. The molecule has 3 aromatic rings. The Kier molecular flexibility index (Phi) is 12.2. The summed E-state index contributed by atoms with van der Waals surface area (Å²) in [6.45, 7) is 2.95. The van der Waals surface area contributed by atoms with E-state index in [1.165, 1.54) is 11.4 Å². The second kappa shape index (κ2) is 15.6. The van der Waals surface area contributed by atoms with Gasteiger partial charge < -0.3 is 10.2 Å². The van der Waals surface area contributed by atoms with Crippen LogP contribution < -0.4 is 5.32 Å². The van der Waals surface area contributed by atoms with Crippen molar-refractivity contribution in [2.45, 2.75) is 56.5 Å². The number of amides is 2. The summed E-state index contributed by atoms with van der Waals surface area (Å²) in [6.07, 6.45) is 2.53. The molecule has 0 saturated heterocycles. The van der Waals surface area contributed by atoms with Crippen molar-refractivity contribution >= 4 is 33.4 Å². The fourth-order valence-corrected chi connectivity index (χ4v) is 5.82. The monoisotopic (exact) mass is 583 g/mol. The van der Waals surface area contributed by atoms with E-state index in [0.717, 1.165) is 24.0 Å². The number of halogens is 1. The van der Waals surface area contributed by atoms with Crippen molar-refractivity contribution in [3.63, 3.8) is 0 Å². The van der Waals surface area contributed by atoms with Crippen LogP contribution in [-0.2, 0) is 32.6 Å². The second-order valence-electron chi connectivity index (χ2n) is 9.74. The van der Waals surface area contributed by atoms with Crippen molar-refractivity contribution in [3.05, 3.63) is 101 Å². The summed E-state index contributed by atoms with van der Waals surface area (Å²) in [5, 5.41) is 3.55. The molecule has 0 radical (unpaired) electrons. The number of unbranched alkanes of at least 4 members (excludes halogenated alkanes) is 1. The van der Waals surface area contributed by atoms with Gasteiger partial charge in [-0.05, 0) is 48.2 Å². The quantitative estimate of drug-likeness (QED) is 0.246. The van der Waals surface area contributed by atoms with Gasteiger partial charge in [-0.3, -0.25) is 9.59 Å². The van der Waals surface area contributed by atoms with Crippen LogP contribution in [0.2, 0.25) is 5.02 Å². The molecule has 1 atom stereocenters. The Morgan fingerprint density at radius 3 is 2.20 bits per heavy atom. The van der Waals surface area contributed by atoms with Gasteiger partial charge in [-0.1, -0.05) is 85.6 Å². The molecule has 2 amide bonds. The van der Waals surface area contributed by atoms with Gasteiger partial charge >= 0.3 is 0 Å². The summed E-state index contributed by atoms with van der Waals surface area (Å²) in [4.78, 5) is 29.0. The third kappa shape index (κ3) is 9.18. The maximum atomic E-state index is 13.7. The first-order valence-corrected chi connectivity index (χ1v) is 15.4. The largest absolute Gasteiger partial charge is 0.354 e. The number of benzene rings is 3. The molecule has 3 aromatic carbocycles. The van der Waals surface area contributed by atoms with E-state index in [9.17, 15) is 18.0 Å². The van der Waals surface area contributed by atoms with Crippen molar-refractivity contribution in [3.8, 4) is 0 Å². The van der Waals surface area contributed by atoms with Gasteiger partial charge in [0.25, 0.3) is 0 Å². The molecule has 40 heavy (non-hydrogen) atoms. The number of hydrogen-bond donors (Lipinski definition) is 1. The molecular formula is C31H38ClN3O4S. The average molecular weight is 584 g/mol. The van der Waals surface area contributed by atoms with E-state index >= 15 is 0 Å². The third-order valence-corrected chi connectivity index (χ3v) is 8.76. The molecule has 0 unspecified atom stereocenters. The Morgan fingerprint density at radius 1 is 0.900 bits per heavy atom. The molecule has 7 nitrogen and oxygen atoms in total. The Bertz CT molecular complexity index is 1340. The molecule has 0 aliphatic carbocycles. The molecule has 0 heterocycles. The molecule has 0 aromatic heterocycles. The van der Waals surface area contributed by atoms with Crippen LogP contribution in [0.4, 0.5) is 0 Å². The minimum atomic E-state index is -3.66. The minimum absolute atomic E-state index is 0.0861. The van der Waals surface area contributed by atoms with Crippen molar-refractivity contribution in [2.75, 3.05) is 20.1 Å². The van der Waals surface area contributed by atoms with Crippen LogP contribution in [0.25, 0.3) is 0 Å². The van der Waals surface area contributed by atoms with E-state index in [1.54, 1.807) is 47.4 Å². The first kappa shape index (κ1) is 31.3. The number of sulfonamides is 1. The standard InChI is InChI=1S/C31H38ClN3O4S/c1-3-4-20-33-31(37)29(23-25-13-7-5-8-14-25)35(24-26-15-11-16-27(32)22-26)30(36)19-12-21-34(2)40(38,39)28-17-9-6-10-18-28/h5-11,13-18,22,29H,3-4,12,19-21,23-24H2,1-2H3,(H,33,37)/t29-/m0/s1. The van der Waals surface area contributed by atoms with E-state index in [0.29, 0.717) is 24.4 Å². The fourth-order valence-electron chi connectivity index (χ4n) is 4.38. The number of carbonyl (C=O) groups excluding carboxylic acids is 2. The van der Waals surface area contributed by atoms with Gasteiger partial charge in [-0.15, -0.1) is 0 Å². The van der Waals surface area contributed by atoms with E-state index < -0.39 is 16.1 Å². The molecule has 0 fully saturated rings. The molecule has 0 bridgehead atoms. The second-order valence-corrected chi connectivity index (χ2v) is 12.2. The Morgan fingerprint density at radius 2 is 1.55 bits per heavy atom. The SMILES string of the molecule is CCCCNC(=O)[C@H](Cc1ccccc1)N(Cc1cccc(Cl)c1)C(=O)CCCN(C)S(=O)(=O)c1ccccc1. The molecule has 9 heteroatoms. The van der Waals surface area contributed by atoms with Crippen molar-refractivity contribution in [2.24, 2.45) is 0 Å². The van der Waals surface area contributed by atoms with Crippen molar-refractivity contribution in [1.82, 2.24) is 14.5 Å². The van der Waals surface area contributed by atoms with Gasteiger partial charge in [0.2, 0.25) is 21.8 Å². The number of rotatable bonds is 15. The summed E-state index contributed by atoms with van der Waals surface area (Å²) in [5.41, 5.74) is 1.75. The lowest BCUT2D eigenvalue weighted by atomic mass is 10.0. The summed E-state index contributed by atoms with van der Waals surface area (Å²) in [7, 11) is -2.15. The minimum Gasteiger partial charge on any atom is -0.354 e. The van der Waals surface area contributed by atoms with Crippen LogP contribution >= 0.6 is 11.6 Å². The van der Waals surface area contributed by atoms with Gasteiger partial charge in [-0.2, -0.15) is 0 Å². The van der Waals surface area contributed by atoms with Gasteiger partial charge in [-0.25, -0.2) is 12.7 Å². The Labute approximate surface area is 243 Å². The highest BCUT2D eigenvalue weighted by molar-refractivity contribution is 7.89. The summed E-state index contributed by atoms with van der Waals surface area (Å²) in [5.74, 6) is -0.437. The van der Waals surface area contributed by atoms with E-state index in [1.807, 2.05) is 42.5 Å². The summed E-state index contributed by atoms with van der Waals surface area (Å²) in [6, 6.07) is 24.3. The summed E-state index contributed by atoms with van der Waals surface area (Å²) >= 11 is 6.23. The average Bonchev–Trinajstić information content (AvgIpc) is 2.95. The predicted molar refractivity (Wildman–Crippen MR) is 159 cm³/mol. The lowest BCUT2D eigenvalue weighted by Gasteiger charge is -2.32. The maximum absolute atomic E-state index is 13.7. The molecule has 0 aliphatic heterocycles. The van der Waals surface area contributed by atoms with Crippen molar-refractivity contribution in [1.29, 1.82) is 0 Å². The van der Waals surface area contributed by atoms with E-state index in [-0.39, 0.29) is 36.2 Å². The molecule has 214 valence electrons. The van der Waals surface area contributed by atoms with E-state index in [2.05, 4.69) is 12.2 Å². The number of nitrogens with one attached hydrogen (secondary N) is 1. The highest BCUT2D eigenvalue weighted by Crippen LogP contribution is 2.20. The number of nitrogens with zero attached hydrogens (tertiary/aromatic N) is 2. The van der Waals surface area contributed by atoms with Crippen LogP contribution in [0, 0.1) is 0 Å². The van der Waals surface area contributed by atoms with Gasteiger partial charge in [0.05, 0.1) is 4.90 Å². The molecule has 0 saturated carbocycles. The fraction of sp³-hybridized carbons (Fsp3) is 0.355. The Hall–Kier alpha value is -3.20. The topological polar surface area (TPSA) is 86.8 Å². The zero-order valence-electron chi connectivity index (χ0n) is 23.1. The van der Waals surface area contributed by atoms with Crippen LogP contribution in [0.1, 0.15) is 43.7 Å². The van der Waals surface area contributed by atoms with Crippen LogP contribution in [-0.4, -0.2) is 55.6 Å². The zero-order chi connectivity index (χ0) is 29.0. The zero-order valence-corrected chi connectivity index (χ0v) is 24.7. The number of carbonyl (C=O) groups is 2. The lowest BCUT2D eigenvalue weighted by molar-refractivity contribution is -0.141. The van der Waals surface area contributed by atoms with E-state index in [4.69, 9.17) is 11.6 Å². The summed E-state index contributed by atoms with van der Waals surface area (Å²) < 4.78 is 27.1. The smallest absolute Gasteiger partial charge is 0.243 e. The highest BCUT2D eigenvalue weighted by Gasteiger charge is 2.30. The normalized spacial score (nSPS) is 12.2. The first-order chi connectivity index (χ1) is 19.2. The Balaban J connectivity index is 1.81. The molecule has 0 spiro atoms. The number of hydrogen-bond acceptors (Lipinski definition) is 4. The van der Waals surface area contributed by atoms with Crippen LogP contribution in [0.5, 0.6) is 0 Å². The highest BCUT2D eigenvalue weighted by atomic mass is 35.5. The molecule has 3 rings (SSSR count). The third-order valence-electron chi connectivity index (χ3n) is 6.66. The molecular weight excluding hydrogens is 546 g/mol. The van der Waals surface area contributed by atoms with Crippen LogP contribution in [0.3, 0.4) is 0 Å². The van der Waals surface area contributed by atoms with Gasteiger partial charge in [0.15, 0.2) is 0 Å². The lowest BCUT2D eigenvalue weighted by Crippen LogP contribution is -2.50. The van der Waals surface area contributed by atoms with Crippen LogP contribution in [0.15, 0.2) is 89.8 Å².